The minimum atomic E-state index is 0.141. The molecule has 16 heavy (non-hydrogen) atoms. The van der Waals surface area contributed by atoms with E-state index in [1.54, 1.807) is 0 Å². The Labute approximate surface area is 95.9 Å². The van der Waals surface area contributed by atoms with Crippen molar-refractivity contribution < 1.29 is 4.74 Å². The number of nitrogens with one attached hydrogen (secondary N) is 1. The number of hydrogen-bond donors (Lipinski definition) is 2. The molecule has 1 saturated heterocycles. The van der Waals surface area contributed by atoms with Gasteiger partial charge in [0.25, 0.3) is 0 Å². The first-order valence-electron chi connectivity index (χ1n) is 5.92. The van der Waals surface area contributed by atoms with E-state index >= 15 is 0 Å². The molecule has 1 aliphatic heterocycles. The predicted octanol–water partition coefficient (Wildman–Crippen LogP) is 0.834. The highest BCUT2D eigenvalue weighted by Gasteiger charge is 2.26. The summed E-state index contributed by atoms with van der Waals surface area (Å²) in [6, 6.07) is 2.17. The van der Waals surface area contributed by atoms with Gasteiger partial charge in [-0.3, -0.25) is 16.0 Å². The third-order valence-electron chi connectivity index (χ3n) is 3.21. The Morgan fingerprint density at radius 1 is 1.75 bits per heavy atom. The summed E-state index contributed by atoms with van der Waals surface area (Å²) in [6.07, 6.45) is 4.10. The van der Waals surface area contributed by atoms with Crippen molar-refractivity contribution in [2.24, 2.45) is 11.8 Å². The van der Waals surface area contributed by atoms with Gasteiger partial charge in [0.15, 0.2) is 0 Å². The molecule has 0 amide bonds. The van der Waals surface area contributed by atoms with Gasteiger partial charge in [-0.05, 0) is 25.8 Å². The van der Waals surface area contributed by atoms with Gasteiger partial charge in [0, 0.05) is 25.3 Å². The molecule has 1 aliphatic rings. The van der Waals surface area contributed by atoms with E-state index < -0.39 is 0 Å². The van der Waals surface area contributed by atoms with Crippen LogP contribution in [0.15, 0.2) is 12.3 Å². The second-order valence-electron chi connectivity index (χ2n) is 4.19. The van der Waals surface area contributed by atoms with Gasteiger partial charge in [0.2, 0.25) is 0 Å². The number of aryl methyl sites for hydroxylation is 1. The van der Waals surface area contributed by atoms with Crippen molar-refractivity contribution in [1.82, 2.24) is 15.2 Å². The number of hydrazine groups is 1. The van der Waals surface area contributed by atoms with Gasteiger partial charge in [-0.15, -0.1) is 0 Å². The quantitative estimate of drug-likeness (QED) is 0.587. The van der Waals surface area contributed by atoms with Crippen molar-refractivity contribution >= 4 is 0 Å². The van der Waals surface area contributed by atoms with Crippen molar-refractivity contribution in [3.63, 3.8) is 0 Å². The Morgan fingerprint density at radius 2 is 2.62 bits per heavy atom. The van der Waals surface area contributed by atoms with E-state index in [2.05, 4.69) is 17.4 Å². The van der Waals surface area contributed by atoms with Crippen molar-refractivity contribution in [2.45, 2.75) is 32.4 Å². The van der Waals surface area contributed by atoms with Crippen LogP contribution < -0.4 is 11.3 Å². The molecular formula is C11H20N4O. The molecule has 5 nitrogen and oxygen atoms in total. The third-order valence-corrected chi connectivity index (χ3v) is 3.21. The normalized spacial score (nSPS) is 23.2. The van der Waals surface area contributed by atoms with Crippen LogP contribution >= 0.6 is 0 Å². The number of aromatic nitrogens is 2. The van der Waals surface area contributed by atoms with Crippen LogP contribution in [0.25, 0.3) is 0 Å². The summed E-state index contributed by atoms with van der Waals surface area (Å²) >= 11 is 0. The average molecular weight is 224 g/mol. The first-order valence-corrected chi connectivity index (χ1v) is 5.92. The predicted molar refractivity (Wildman–Crippen MR) is 61.5 cm³/mol. The zero-order chi connectivity index (χ0) is 11.4. The number of hydrogen-bond acceptors (Lipinski definition) is 4. The largest absolute Gasteiger partial charge is 0.381 e. The van der Waals surface area contributed by atoms with E-state index in [4.69, 9.17) is 10.6 Å². The molecule has 2 heterocycles. The van der Waals surface area contributed by atoms with Gasteiger partial charge in [0.1, 0.15) is 0 Å². The van der Waals surface area contributed by atoms with E-state index in [1.807, 2.05) is 16.9 Å². The average Bonchev–Trinajstić information content (AvgIpc) is 2.80. The zero-order valence-electron chi connectivity index (χ0n) is 9.72. The van der Waals surface area contributed by atoms with Gasteiger partial charge >= 0.3 is 0 Å². The Kier molecular flexibility index (Phi) is 3.93. The molecule has 5 heteroatoms. The molecule has 0 saturated carbocycles. The van der Waals surface area contributed by atoms with Crippen molar-refractivity contribution in [1.29, 1.82) is 0 Å². The highest BCUT2D eigenvalue weighted by molar-refractivity contribution is 5.08. The topological polar surface area (TPSA) is 65.1 Å². The molecule has 1 fully saturated rings. The second-order valence-corrected chi connectivity index (χ2v) is 4.19. The molecule has 2 unspecified atom stereocenters. The minimum absolute atomic E-state index is 0.141. The molecule has 1 aromatic rings. The van der Waals surface area contributed by atoms with E-state index in [0.29, 0.717) is 5.92 Å². The molecule has 0 aromatic carbocycles. The third kappa shape index (κ3) is 2.26. The van der Waals surface area contributed by atoms with E-state index in [9.17, 15) is 0 Å². The molecule has 0 radical (unpaired) electrons. The lowest BCUT2D eigenvalue weighted by Gasteiger charge is -2.30. The van der Waals surface area contributed by atoms with Gasteiger partial charge < -0.3 is 4.74 Å². The number of nitrogens with zero attached hydrogens (tertiary/aromatic N) is 2. The molecular weight excluding hydrogens is 204 g/mol. The van der Waals surface area contributed by atoms with Crippen LogP contribution in [0.2, 0.25) is 0 Å². The lowest BCUT2D eigenvalue weighted by Crippen LogP contribution is -2.38. The molecule has 90 valence electrons. The summed E-state index contributed by atoms with van der Waals surface area (Å²) in [4.78, 5) is 0. The summed E-state index contributed by atoms with van der Waals surface area (Å²) in [5.41, 5.74) is 4.06. The molecule has 0 bridgehead atoms. The molecule has 3 N–H and O–H groups in total. The fraction of sp³-hybridized carbons (Fsp3) is 0.727. The Balaban J connectivity index is 2.14. The Bertz CT molecular complexity index is 320. The van der Waals surface area contributed by atoms with Crippen molar-refractivity contribution in [2.75, 3.05) is 13.2 Å². The fourth-order valence-electron chi connectivity index (χ4n) is 2.36. The summed E-state index contributed by atoms with van der Waals surface area (Å²) in [5, 5.41) is 4.28. The highest BCUT2D eigenvalue weighted by Crippen LogP contribution is 2.27. The van der Waals surface area contributed by atoms with Crippen LogP contribution in [0.3, 0.4) is 0 Å². The van der Waals surface area contributed by atoms with Crippen LogP contribution in [-0.2, 0) is 11.3 Å². The first kappa shape index (κ1) is 11.6. The van der Waals surface area contributed by atoms with Crippen LogP contribution in [0, 0.1) is 5.92 Å². The number of rotatable bonds is 4. The maximum atomic E-state index is 5.67. The summed E-state index contributed by atoms with van der Waals surface area (Å²) in [5.74, 6) is 6.12. The monoisotopic (exact) mass is 224 g/mol. The number of nitrogens with two attached hydrogens (primary N) is 1. The first-order chi connectivity index (χ1) is 7.86. The van der Waals surface area contributed by atoms with Gasteiger partial charge in [-0.25, -0.2) is 0 Å². The van der Waals surface area contributed by atoms with Crippen LogP contribution in [0.1, 0.15) is 31.5 Å². The molecule has 1 aromatic heterocycles. The lowest BCUT2D eigenvalue weighted by molar-refractivity contribution is 0.0376. The van der Waals surface area contributed by atoms with Crippen LogP contribution in [-0.4, -0.2) is 23.0 Å². The van der Waals surface area contributed by atoms with Crippen molar-refractivity contribution in [3.05, 3.63) is 18.0 Å². The smallest absolute Gasteiger partial charge is 0.0679 e. The van der Waals surface area contributed by atoms with Gasteiger partial charge in [-0.1, -0.05) is 0 Å². The Morgan fingerprint density at radius 3 is 3.25 bits per heavy atom. The fourth-order valence-corrected chi connectivity index (χ4v) is 2.36. The molecule has 0 spiro atoms. The van der Waals surface area contributed by atoms with E-state index in [1.165, 1.54) is 0 Å². The maximum absolute atomic E-state index is 5.67. The summed E-state index contributed by atoms with van der Waals surface area (Å²) in [7, 11) is 0. The standard InChI is InChI=1S/C11H20N4O/c1-2-15-10(5-6-13-15)11(14-12)9-4-3-7-16-8-9/h5-6,9,11,14H,2-4,7-8,12H2,1H3. The molecule has 0 aliphatic carbocycles. The zero-order valence-corrected chi connectivity index (χ0v) is 9.72. The summed E-state index contributed by atoms with van der Waals surface area (Å²) in [6.45, 7) is 4.61. The molecule has 2 rings (SSSR count). The van der Waals surface area contributed by atoms with Crippen LogP contribution in [0.4, 0.5) is 0 Å². The van der Waals surface area contributed by atoms with Crippen LogP contribution in [0.5, 0.6) is 0 Å². The SMILES string of the molecule is CCn1nccc1C(NN)C1CCCOC1. The second kappa shape index (κ2) is 5.43. The van der Waals surface area contributed by atoms with E-state index in [0.717, 1.165) is 38.3 Å². The van der Waals surface area contributed by atoms with Gasteiger partial charge in [0.05, 0.1) is 18.3 Å². The highest BCUT2D eigenvalue weighted by atomic mass is 16.5. The molecule has 2 atom stereocenters. The van der Waals surface area contributed by atoms with Gasteiger partial charge in [-0.2, -0.15) is 5.10 Å². The number of ether oxygens (including phenoxy) is 1. The van der Waals surface area contributed by atoms with Crippen molar-refractivity contribution in [3.8, 4) is 0 Å². The van der Waals surface area contributed by atoms with E-state index in [-0.39, 0.29) is 6.04 Å². The maximum Gasteiger partial charge on any atom is 0.0679 e. The minimum Gasteiger partial charge on any atom is -0.381 e. The lowest BCUT2D eigenvalue weighted by atomic mass is 9.92. The summed E-state index contributed by atoms with van der Waals surface area (Å²) < 4.78 is 7.50. The Hall–Kier alpha value is -0.910.